The van der Waals surface area contributed by atoms with Gasteiger partial charge in [0.2, 0.25) is 5.88 Å². The molecule has 9 nitrogen and oxygen atoms in total. The number of nitrogens with one attached hydrogen (secondary N) is 1. The standard InChI is InChI=1S/C17H20N4O5S2/c1-19-13(23)10(12(22)18-16(19)27)6-4-7-11-14(24)20(2)17(28)21(15(11)25)8-5-9-26-3/h4,6-7,24H,5,8-9H2,1-3H3,(H,18,22,27). The third-order valence-electron chi connectivity index (χ3n) is 4.11. The Morgan fingerprint density at radius 3 is 2.54 bits per heavy atom. The number of aromatic nitrogens is 2. The monoisotopic (exact) mass is 424 g/mol. The molecule has 2 heterocycles. The Bertz CT molecular complexity index is 1010. The second-order valence-electron chi connectivity index (χ2n) is 5.94. The van der Waals surface area contributed by atoms with E-state index in [-0.39, 0.29) is 26.9 Å². The van der Waals surface area contributed by atoms with Crippen molar-refractivity contribution in [3.8, 4) is 5.88 Å². The van der Waals surface area contributed by atoms with Crippen LogP contribution in [0.3, 0.4) is 0 Å². The zero-order chi connectivity index (χ0) is 21.0. The molecule has 0 atom stereocenters. The van der Waals surface area contributed by atoms with Gasteiger partial charge in [0.1, 0.15) is 11.1 Å². The number of amides is 2. The van der Waals surface area contributed by atoms with Crippen LogP contribution in [0.15, 0.2) is 22.5 Å². The minimum atomic E-state index is -0.634. The van der Waals surface area contributed by atoms with Gasteiger partial charge in [-0.3, -0.25) is 33.7 Å². The van der Waals surface area contributed by atoms with Crippen molar-refractivity contribution in [3.05, 3.63) is 38.4 Å². The highest BCUT2D eigenvalue weighted by molar-refractivity contribution is 7.80. The van der Waals surface area contributed by atoms with Gasteiger partial charge in [-0.25, -0.2) is 0 Å². The normalized spacial score (nSPS) is 16.3. The lowest BCUT2D eigenvalue weighted by atomic mass is 10.1. The van der Waals surface area contributed by atoms with Gasteiger partial charge in [-0.05, 0) is 43.0 Å². The van der Waals surface area contributed by atoms with Crippen LogP contribution in [0.2, 0.25) is 0 Å². The smallest absolute Gasteiger partial charge is 0.265 e. The lowest BCUT2D eigenvalue weighted by Gasteiger charge is -2.24. The molecule has 28 heavy (non-hydrogen) atoms. The Balaban J connectivity index is 2.41. The van der Waals surface area contributed by atoms with Crippen molar-refractivity contribution < 1.29 is 19.4 Å². The molecule has 0 bridgehead atoms. The van der Waals surface area contributed by atoms with E-state index in [9.17, 15) is 19.5 Å². The molecule has 1 saturated heterocycles. The molecule has 0 aromatic carbocycles. The first kappa shape index (κ1) is 21.7. The SMILES string of the molecule is COCCCn1c(=O)c(C=CC=C2C(=O)NC(=S)N(C)C2=O)c(O)n(C)c1=S. The van der Waals surface area contributed by atoms with Crippen molar-refractivity contribution in [1.82, 2.24) is 19.4 Å². The van der Waals surface area contributed by atoms with Crippen molar-refractivity contribution in [3.63, 3.8) is 0 Å². The van der Waals surface area contributed by atoms with Crippen molar-refractivity contribution >= 4 is 47.4 Å². The first-order valence-electron chi connectivity index (χ1n) is 8.24. The van der Waals surface area contributed by atoms with Crippen LogP contribution >= 0.6 is 24.4 Å². The number of rotatable bonds is 6. The predicted molar refractivity (Wildman–Crippen MR) is 109 cm³/mol. The number of ether oxygens (including phenoxy) is 1. The fraction of sp³-hybridized carbons (Fsp3) is 0.353. The molecule has 11 heteroatoms. The summed E-state index contributed by atoms with van der Waals surface area (Å²) < 4.78 is 7.82. The summed E-state index contributed by atoms with van der Waals surface area (Å²) >= 11 is 10.1. The average molecular weight is 425 g/mol. The summed E-state index contributed by atoms with van der Waals surface area (Å²) in [6, 6.07) is 0. The van der Waals surface area contributed by atoms with Gasteiger partial charge < -0.3 is 9.84 Å². The van der Waals surface area contributed by atoms with E-state index in [2.05, 4.69) is 5.32 Å². The lowest BCUT2D eigenvalue weighted by molar-refractivity contribution is -0.128. The van der Waals surface area contributed by atoms with Crippen molar-refractivity contribution in [2.24, 2.45) is 7.05 Å². The zero-order valence-corrected chi connectivity index (χ0v) is 17.2. The fourth-order valence-electron chi connectivity index (χ4n) is 2.50. The molecule has 2 N–H and O–H groups in total. The molecule has 1 aliphatic heterocycles. The average Bonchev–Trinajstić information content (AvgIpc) is 2.66. The van der Waals surface area contributed by atoms with Crippen LogP contribution in [0.4, 0.5) is 0 Å². The summed E-state index contributed by atoms with van der Waals surface area (Å²) in [5, 5.41) is 12.7. The largest absolute Gasteiger partial charge is 0.494 e. The molecule has 0 spiro atoms. The van der Waals surface area contributed by atoms with Gasteiger partial charge in [-0.15, -0.1) is 0 Å². The highest BCUT2D eigenvalue weighted by Crippen LogP contribution is 2.15. The number of thiocarbonyl (C=S) groups is 1. The quantitative estimate of drug-likeness (QED) is 0.296. The summed E-state index contributed by atoms with van der Waals surface area (Å²) in [4.78, 5) is 37.9. The molecular weight excluding hydrogens is 404 g/mol. The summed E-state index contributed by atoms with van der Waals surface area (Å²) in [5.41, 5.74) is -0.640. The second-order valence-corrected chi connectivity index (χ2v) is 6.70. The molecule has 1 aromatic heterocycles. The molecule has 150 valence electrons. The van der Waals surface area contributed by atoms with Crippen molar-refractivity contribution in [1.29, 1.82) is 0 Å². The van der Waals surface area contributed by atoms with Crippen LogP contribution in [0, 0.1) is 4.77 Å². The van der Waals surface area contributed by atoms with Crippen LogP contribution < -0.4 is 10.9 Å². The van der Waals surface area contributed by atoms with Crippen molar-refractivity contribution in [2.75, 3.05) is 20.8 Å². The summed E-state index contributed by atoms with van der Waals surface area (Å²) in [7, 11) is 4.53. The summed E-state index contributed by atoms with van der Waals surface area (Å²) in [6.07, 6.45) is 4.48. The van der Waals surface area contributed by atoms with Gasteiger partial charge in [-0.2, -0.15) is 0 Å². The Morgan fingerprint density at radius 2 is 1.89 bits per heavy atom. The molecular formula is C17H20N4O5S2. The first-order valence-corrected chi connectivity index (χ1v) is 9.05. The Labute approximate surface area is 171 Å². The van der Waals surface area contributed by atoms with E-state index in [0.29, 0.717) is 19.6 Å². The van der Waals surface area contributed by atoms with E-state index in [1.54, 1.807) is 7.11 Å². The van der Waals surface area contributed by atoms with E-state index in [4.69, 9.17) is 29.2 Å². The van der Waals surface area contributed by atoms with Crippen LogP contribution in [0.25, 0.3) is 6.08 Å². The number of hydrogen-bond donors (Lipinski definition) is 2. The highest BCUT2D eigenvalue weighted by atomic mass is 32.1. The highest BCUT2D eigenvalue weighted by Gasteiger charge is 2.30. The number of carbonyl (C=O) groups excluding carboxylic acids is 2. The maximum atomic E-state index is 12.7. The molecule has 0 radical (unpaired) electrons. The lowest BCUT2D eigenvalue weighted by Crippen LogP contribution is -2.52. The second kappa shape index (κ2) is 9.04. The molecule has 1 aliphatic rings. The van der Waals surface area contributed by atoms with Crippen LogP contribution in [-0.2, 0) is 27.9 Å². The minimum Gasteiger partial charge on any atom is -0.494 e. The summed E-state index contributed by atoms with van der Waals surface area (Å²) in [6.45, 7) is 0.778. The van der Waals surface area contributed by atoms with E-state index < -0.39 is 17.4 Å². The van der Waals surface area contributed by atoms with Gasteiger partial charge in [0.25, 0.3) is 17.4 Å². The fourth-order valence-corrected chi connectivity index (χ4v) is 2.93. The Hall–Kier alpha value is -2.63. The van der Waals surface area contributed by atoms with E-state index in [0.717, 1.165) is 4.90 Å². The molecule has 0 saturated carbocycles. The number of carbonyl (C=O) groups is 2. The topological polar surface area (TPSA) is 106 Å². The minimum absolute atomic E-state index is 0.0146. The van der Waals surface area contributed by atoms with E-state index >= 15 is 0 Å². The van der Waals surface area contributed by atoms with Gasteiger partial charge in [-0.1, -0.05) is 6.08 Å². The van der Waals surface area contributed by atoms with Gasteiger partial charge >= 0.3 is 0 Å². The van der Waals surface area contributed by atoms with Gasteiger partial charge in [0, 0.05) is 34.4 Å². The van der Waals surface area contributed by atoms with E-state index in [1.807, 2.05) is 0 Å². The number of likely N-dealkylation sites (N-methyl/N-ethyl adjacent to an activating group) is 1. The van der Waals surface area contributed by atoms with Crippen molar-refractivity contribution in [2.45, 2.75) is 13.0 Å². The molecule has 0 aliphatic carbocycles. The van der Waals surface area contributed by atoms with Crippen LogP contribution in [-0.4, -0.2) is 56.8 Å². The third-order valence-corrected chi connectivity index (χ3v) is 4.98. The maximum absolute atomic E-state index is 12.7. The van der Waals surface area contributed by atoms with E-state index in [1.165, 1.54) is 41.5 Å². The molecule has 2 rings (SSSR count). The van der Waals surface area contributed by atoms with Crippen LogP contribution in [0.1, 0.15) is 12.0 Å². The molecule has 1 fully saturated rings. The number of aromatic hydroxyl groups is 1. The molecule has 0 unspecified atom stereocenters. The molecule has 2 amide bonds. The zero-order valence-electron chi connectivity index (χ0n) is 15.6. The number of allylic oxidation sites excluding steroid dienone is 2. The molecule has 1 aromatic rings. The number of nitrogens with zero attached hydrogens (tertiary/aromatic N) is 3. The Morgan fingerprint density at radius 1 is 1.21 bits per heavy atom. The van der Waals surface area contributed by atoms with Gasteiger partial charge in [0.05, 0.1) is 0 Å². The first-order chi connectivity index (χ1) is 13.2. The summed E-state index contributed by atoms with van der Waals surface area (Å²) in [5.74, 6) is -1.51. The third kappa shape index (κ3) is 4.26. The number of hydrogen-bond acceptors (Lipinski definition) is 7. The Kier molecular flexibility index (Phi) is 7.00. The predicted octanol–water partition coefficient (Wildman–Crippen LogP) is 0.471. The maximum Gasteiger partial charge on any atom is 0.265 e. The number of methoxy groups -OCH3 is 1. The van der Waals surface area contributed by atoms with Gasteiger partial charge in [0.15, 0.2) is 9.88 Å². The van der Waals surface area contributed by atoms with Crippen LogP contribution in [0.5, 0.6) is 5.88 Å².